The van der Waals surface area contributed by atoms with Crippen LogP contribution in [0, 0.1) is 11.8 Å². The van der Waals surface area contributed by atoms with Crippen LogP contribution in [0.3, 0.4) is 0 Å². The third-order valence-electron chi connectivity index (χ3n) is 4.25. The Balaban J connectivity index is 1.97. The highest BCUT2D eigenvalue weighted by Gasteiger charge is 2.32. The van der Waals surface area contributed by atoms with E-state index in [9.17, 15) is 9.90 Å². The fourth-order valence-electron chi connectivity index (χ4n) is 2.82. The molecule has 3 rings (SSSR count). The molecule has 2 heterocycles. The number of hydrogen-bond acceptors (Lipinski definition) is 3. The molecule has 3 unspecified atom stereocenters. The third-order valence-corrected chi connectivity index (χ3v) is 4.88. The highest BCUT2D eigenvalue weighted by atomic mass is 79.9. The van der Waals surface area contributed by atoms with Crippen LogP contribution in [0.25, 0.3) is 0 Å². The maximum Gasteiger partial charge on any atom is 0.257 e. The molecule has 1 fully saturated rings. The van der Waals surface area contributed by atoms with E-state index in [1.807, 2.05) is 12.1 Å². The zero-order valence-corrected chi connectivity index (χ0v) is 12.6. The van der Waals surface area contributed by atoms with Gasteiger partial charge in [-0.05, 0) is 39.9 Å². The van der Waals surface area contributed by atoms with E-state index in [4.69, 9.17) is 0 Å². The second-order valence-electron chi connectivity index (χ2n) is 5.64. The maximum absolute atomic E-state index is 11.5. The highest BCUT2D eigenvalue weighted by Crippen LogP contribution is 2.40. The lowest BCUT2D eigenvalue weighted by Gasteiger charge is -2.21. The summed E-state index contributed by atoms with van der Waals surface area (Å²) in [6.45, 7) is 6.57. The Bertz CT molecular complexity index is 536. The first kappa shape index (κ1) is 12.9. The van der Waals surface area contributed by atoms with Crippen LogP contribution in [-0.2, 0) is 4.79 Å². The van der Waals surface area contributed by atoms with E-state index in [1.54, 1.807) is 0 Å². The molecule has 1 saturated heterocycles. The average molecular weight is 325 g/mol. The van der Waals surface area contributed by atoms with Crippen molar-refractivity contribution in [3.05, 3.63) is 22.2 Å². The standard InChI is InChI=1S/C14H17BrN2O2/c1-7-5-17(6-8(7)2)12-4-11-9(3-10(12)15)13(18)14(19)16-11/h3-4,7-8,13,18H,5-6H2,1-2H3,(H,16,19). The van der Waals surface area contributed by atoms with Gasteiger partial charge in [0.1, 0.15) is 0 Å². The summed E-state index contributed by atoms with van der Waals surface area (Å²) >= 11 is 3.56. The summed E-state index contributed by atoms with van der Waals surface area (Å²) in [5.74, 6) is 0.989. The van der Waals surface area contributed by atoms with Gasteiger partial charge in [-0.3, -0.25) is 4.79 Å². The van der Waals surface area contributed by atoms with Crippen LogP contribution in [0.2, 0.25) is 0 Å². The van der Waals surface area contributed by atoms with Crippen LogP contribution in [0.4, 0.5) is 11.4 Å². The molecule has 102 valence electrons. The molecule has 4 nitrogen and oxygen atoms in total. The van der Waals surface area contributed by atoms with Gasteiger partial charge in [-0.1, -0.05) is 13.8 Å². The number of amides is 1. The van der Waals surface area contributed by atoms with Gasteiger partial charge in [-0.15, -0.1) is 0 Å². The molecule has 0 aromatic heterocycles. The quantitative estimate of drug-likeness (QED) is 0.834. The Hall–Kier alpha value is -1.07. The molecular weight excluding hydrogens is 308 g/mol. The number of anilines is 2. The zero-order valence-electron chi connectivity index (χ0n) is 11.0. The van der Waals surface area contributed by atoms with Crippen molar-refractivity contribution in [3.63, 3.8) is 0 Å². The lowest BCUT2D eigenvalue weighted by Crippen LogP contribution is -2.20. The summed E-state index contributed by atoms with van der Waals surface area (Å²) in [6.07, 6.45) is -1.04. The largest absolute Gasteiger partial charge is 0.378 e. The Kier molecular flexibility index (Phi) is 3.06. The molecule has 1 aromatic rings. The van der Waals surface area contributed by atoms with Crippen LogP contribution >= 0.6 is 15.9 Å². The van der Waals surface area contributed by atoms with Crippen molar-refractivity contribution in [2.45, 2.75) is 20.0 Å². The normalized spacial score (nSPS) is 29.6. The minimum atomic E-state index is -1.04. The lowest BCUT2D eigenvalue weighted by atomic mass is 10.0. The molecule has 1 aromatic carbocycles. The first-order chi connectivity index (χ1) is 8.97. The summed E-state index contributed by atoms with van der Waals surface area (Å²) in [4.78, 5) is 13.8. The number of hydrogen-bond donors (Lipinski definition) is 2. The molecule has 2 N–H and O–H groups in total. The van der Waals surface area contributed by atoms with Crippen molar-refractivity contribution in [2.24, 2.45) is 11.8 Å². The number of carbonyl (C=O) groups is 1. The van der Waals surface area contributed by atoms with E-state index >= 15 is 0 Å². The predicted molar refractivity (Wildman–Crippen MR) is 78.3 cm³/mol. The summed E-state index contributed by atoms with van der Waals surface area (Å²) in [5.41, 5.74) is 2.47. The first-order valence-corrected chi connectivity index (χ1v) is 7.34. The summed E-state index contributed by atoms with van der Waals surface area (Å²) in [7, 11) is 0. The van der Waals surface area contributed by atoms with Gasteiger partial charge in [0.2, 0.25) is 0 Å². The molecule has 2 aliphatic heterocycles. The Morgan fingerprint density at radius 2 is 1.95 bits per heavy atom. The van der Waals surface area contributed by atoms with E-state index in [0.29, 0.717) is 17.4 Å². The smallest absolute Gasteiger partial charge is 0.257 e. The summed E-state index contributed by atoms with van der Waals surface area (Å²) in [6, 6.07) is 3.80. The number of rotatable bonds is 1. The van der Waals surface area contributed by atoms with Gasteiger partial charge in [-0.25, -0.2) is 0 Å². The number of nitrogens with one attached hydrogen (secondary N) is 1. The second-order valence-corrected chi connectivity index (χ2v) is 6.50. The Morgan fingerprint density at radius 1 is 1.32 bits per heavy atom. The molecule has 0 aliphatic carbocycles. The molecule has 2 aliphatic rings. The number of carbonyl (C=O) groups excluding carboxylic acids is 1. The van der Waals surface area contributed by atoms with E-state index in [1.165, 1.54) is 0 Å². The minimum Gasteiger partial charge on any atom is -0.378 e. The van der Waals surface area contributed by atoms with Crippen LogP contribution < -0.4 is 10.2 Å². The highest BCUT2D eigenvalue weighted by molar-refractivity contribution is 9.10. The number of aliphatic hydroxyl groups excluding tert-OH is 1. The molecular formula is C14H17BrN2O2. The SMILES string of the molecule is CC1CN(c2cc3c(cc2Br)C(O)C(=O)N3)CC1C. The third kappa shape index (κ3) is 2.05. The van der Waals surface area contributed by atoms with E-state index in [0.717, 1.165) is 28.9 Å². The Morgan fingerprint density at radius 3 is 2.58 bits per heavy atom. The fraction of sp³-hybridized carbons (Fsp3) is 0.500. The molecule has 1 amide bonds. The molecule has 0 bridgehead atoms. The fourth-order valence-corrected chi connectivity index (χ4v) is 3.43. The van der Waals surface area contributed by atoms with Crippen molar-refractivity contribution in [1.29, 1.82) is 0 Å². The first-order valence-electron chi connectivity index (χ1n) is 6.54. The molecule has 0 spiro atoms. The van der Waals surface area contributed by atoms with Crippen molar-refractivity contribution in [2.75, 3.05) is 23.3 Å². The van der Waals surface area contributed by atoms with Crippen molar-refractivity contribution >= 4 is 33.2 Å². The molecule has 5 heteroatoms. The summed E-state index contributed by atoms with van der Waals surface area (Å²) < 4.78 is 0.933. The van der Waals surface area contributed by atoms with Crippen LogP contribution in [0.15, 0.2) is 16.6 Å². The minimum absolute atomic E-state index is 0.345. The maximum atomic E-state index is 11.5. The van der Waals surface area contributed by atoms with E-state index in [-0.39, 0.29) is 5.91 Å². The van der Waals surface area contributed by atoms with Gasteiger partial charge in [-0.2, -0.15) is 0 Å². The number of benzene rings is 1. The van der Waals surface area contributed by atoms with Crippen LogP contribution in [0.1, 0.15) is 25.5 Å². The van der Waals surface area contributed by atoms with E-state index in [2.05, 4.69) is 40.0 Å². The summed E-state index contributed by atoms with van der Waals surface area (Å²) in [5, 5.41) is 12.5. The van der Waals surface area contributed by atoms with Crippen LogP contribution in [-0.4, -0.2) is 24.1 Å². The number of nitrogens with zero attached hydrogens (tertiary/aromatic N) is 1. The number of fused-ring (bicyclic) bond motifs is 1. The zero-order chi connectivity index (χ0) is 13.7. The van der Waals surface area contributed by atoms with Gasteiger partial charge in [0.05, 0.1) is 5.69 Å². The van der Waals surface area contributed by atoms with Gasteiger partial charge in [0, 0.05) is 28.8 Å². The molecule has 0 radical (unpaired) electrons. The average Bonchev–Trinajstić information content (AvgIpc) is 2.82. The van der Waals surface area contributed by atoms with Gasteiger partial charge in [0.25, 0.3) is 5.91 Å². The number of halogens is 1. The van der Waals surface area contributed by atoms with Gasteiger partial charge in [0.15, 0.2) is 6.10 Å². The number of aliphatic hydroxyl groups is 1. The van der Waals surface area contributed by atoms with Crippen molar-refractivity contribution in [1.82, 2.24) is 0 Å². The molecule has 0 saturated carbocycles. The second kappa shape index (κ2) is 4.49. The monoisotopic (exact) mass is 324 g/mol. The topological polar surface area (TPSA) is 52.6 Å². The van der Waals surface area contributed by atoms with Gasteiger partial charge >= 0.3 is 0 Å². The van der Waals surface area contributed by atoms with Gasteiger partial charge < -0.3 is 15.3 Å². The molecule has 19 heavy (non-hydrogen) atoms. The predicted octanol–water partition coefficient (Wildman–Crippen LogP) is 2.53. The lowest BCUT2D eigenvalue weighted by molar-refractivity contribution is -0.123. The van der Waals surface area contributed by atoms with Crippen molar-refractivity contribution in [3.8, 4) is 0 Å². The van der Waals surface area contributed by atoms with Crippen molar-refractivity contribution < 1.29 is 9.90 Å². The molecule has 3 atom stereocenters. The van der Waals surface area contributed by atoms with E-state index < -0.39 is 6.10 Å². The van der Waals surface area contributed by atoms with Crippen LogP contribution in [0.5, 0.6) is 0 Å². The Labute approximate surface area is 120 Å².